The lowest BCUT2D eigenvalue weighted by molar-refractivity contribution is 0.213. The summed E-state index contributed by atoms with van der Waals surface area (Å²) in [7, 11) is 0. The van der Waals surface area contributed by atoms with Crippen molar-refractivity contribution in [1.29, 1.82) is 0 Å². The van der Waals surface area contributed by atoms with Crippen LogP contribution in [0.15, 0.2) is 24.3 Å². The Morgan fingerprint density at radius 1 is 1.50 bits per heavy atom. The van der Waals surface area contributed by atoms with Crippen LogP contribution in [0.2, 0.25) is 0 Å². The molecule has 2 amide bonds. The van der Waals surface area contributed by atoms with Crippen molar-refractivity contribution in [3.05, 3.63) is 29.8 Å². The van der Waals surface area contributed by atoms with Crippen molar-refractivity contribution >= 4 is 23.5 Å². The number of nitrogens with one attached hydrogen (secondary N) is 1. The molecule has 2 rings (SSSR count). The zero-order valence-corrected chi connectivity index (χ0v) is 13.0. The van der Waals surface area contributed by atoms with Gasteiger partial charge in [-0.05, 0) is 31.0 Å². The Labute approximate surface area is 125 Å². The van der Waals surface area contributed by atoms with Crippen LogP contribution in [0.25, 0.3) is 0 Å². The fraction of sp³-hybridized carbons (Fsp3) is 0.533. The summed E-state index contributed by atoms with van der Waals surface area (Å²) in [5.74, 6) is 1.02. The Morgan fingerprint density at radius 3 is 2.80 bits per heavy atom. The van der Waals surface area contributed by atoms with Gasteiger partial charge in [-0.1, -0.05) is 19.1 Å². The Balaban J connectivity index is 1.93. The van der Waals surface area contributed by atoms with Gasteiger partial charge in [0.2, 0.25) is 0 Å². The SMILES string of the molecule is CCC1CN(C(=O)Nc2ccc(C(C)N)cc2)CCS1. The summed E-state index contributed by atoms with van der Waals surface area (Å²) in [4.78, 5) is 14.1. The minimum atomic E-state index is -0.00250. The second-order valence-electron chi connectivity index (χ2n) is 5.19. The smallest absolute Gasteiger partial charge is 0.321 e. The summed E-state index contributed by atoms with van der Waals surface area (Å²) in [6.07, 6.45) is 1.11. The lowest BCUT2D eigenvalue weighted by Crippen LogP contribution is -2.43. The van der Waals surface area contributed by atoms with Crippen molar-refractivity contribution in [2.24, 2.45) is 5.73 Å². The standard InChI is InChI=1S/C15H23N3OS/c1-3-14-10-18(8-9-20-14)15(19)17-13-6-4-12(5-7-13)11(2)16/h4-7,11,14H,3,8-10,16H2,1-2H3,(H,17,19). The van der Waals surface area contributed by atoms with E-state index in [4.69, 9.17) is 5.73 Å². The van der Waals surface area contributed by atoms with Gasteiger partial charge in [-0.25, -0.2) is 4.79 Å². The highest BCUT2D eigenvalue weighted by atomic mass is 32.2. The topological polar surface area (TPSA) is 58.4 Å². The molecule has 0 saturated carbocycles. The summed E-state index contributed by atoms with van der Waals surface area (Å²) >= 11 is 1.96. The normalized spacial score (nSPS) is 20.6. The van der Waals surface area contributed by atoms with E-state index >= 15 is 0 Å². The molecule has 1 aromatic rings. The first-order valence-electron chi connectivity index (χ1n) is 7.13. The highest BCUT2D eigenvalue weighted by Gasteiger charge is 2.22. The largest absolute Gasteiger partial charge is 0.324 e. The van der Waals surface area contributed by atoms with Gasteiger partial charge >= 0.3 is 6.03 Å². The third kappa shape index (κ3) is 3.90. The Kier molecular flexibility index (Phi) is 5.31. The number of carbonyl (C=O) groups excluding carboxylic acids is 1. The van der Waals surface area contributed by atoms with Crippen LogP contribution in [0.3, 0.4) is 0 Å². The maximum atomic E-state index is 12.2. The van der Waals surface area contributed by atoms with Gasteiger partial charge in [0, 0.05) is 35.8 Å². The number of nitrogens with zero attached hydrogens (tertiary/aromatic N) is 1. The van der Waals surface area contributed by atoms with Gasteiger partial charge in [-0.15, -0.1) is 0 Å². The number of hydrogen-bond acceptors (Lipinski definition) is 3. The molecule has 2 atom stereocenters. The second kappa shape index (κ2) is 6.99. The number of urea groups is 1. The van der Waals surface area contributed by atoms with Crippen LogP contribution < -0.4 is 11.1 Å². The molecule has 2 unspecified atom stereocenters. The van der Waals surface area contributed by atoms with Gasteiger partial charge in [-0.2, -0.15) is 11.8 Å². The first-order valence-corrected chi connectivity index (χ1v) is 8.18. The molecular weight excluding hydrogens is 270 g/mol. The third-order valence-electron chi connectivity index (χ3n) is 3.57. The van der Waals surface area contributed by atoms with Crippen LogP contribution in [0.5, 0.6) is 0 Å². The fourth-order valence-corrected chi connectivity index (χ4v) is 3.40. The molecule has 0 spiro atoms. The summed E-state index contributed by atoms with van der Waals surface area (Å²) in [6.45, 7) is 5.78. The van der Waals surface area contributed by atoms with Gasteiger partial charge in [0.05, 0.1) is 0 Å². The van der Waals surface area contributed by atoms with Crippen molar-refractivity contribution in [3.63, 3.8) is 0 Å². The van der Waals surface area contributed by atoms with E-state index < -0.39 is 0 Å². The Bertz CT molecular complexity index is 447. The zero-order valence-electron chi connectivity index (χ0n) is 12.1. The molecule has 4 nitrogen and oxygen atoms in total. The fourth-order valence-electron chi connectivity index (χ4n) is 2.22. The number of rotatable bonds is 3. The molecule has 3 N–H and O–H groups in total. The highest BCUT2D eigenvalue weighted by Crippen LogP contribution is 2.22. The predicted octanol–water partition coefficient (Wildman–Crippen LogP) is 3.07. The number of benzene rings is 1. The predicted molar refractivity (Wildman–Crippen MR) is 86.2 cm³/mol. The summed E-state index contributed by atoms with van der Waals surface area (Å²) < 4.78 is 0. The van der Waals surface area contributed by atoms with Gasteiger partial charge in [0.15, 0.2) is 0 Å². The maximum absolute atomic E-state index is 12.2. The molecule has 0 bridgehead atoms. The number of amides is 2. The first-order chi connectivity index (χ1) is 9.60. The molecule has 1 aromatic carbocycles. The number of nitrogens with two attached hydrogens (primary N) is 1. The molecule has 0 radical (unpaired) electrons. The van der Waals surface area contributed by atoms with Gasteiger partial charge in [0.1, 0.15) is 0 Å². The molecule has 0 aliphatic carbocycles. The van der Waals surface area contributed by atoms with Crippen molar-refractivity contribution in [2.75, 3.05) is 24.2 Å². The number of thioether (sulfide) groups is 1. The molecule has 1 saturated heterocycles. The summed E-state index contributed by atoms with van der Waals surface area (Å²) in [5, 5.41) is 3.52. The molecule has 1 fully saturated rings. The second-order valence-corrected chi connectivity index (χ2v) is 6.60. The molecule has 0 aromatic heterocycles. The van der Waals surface area contributed by atoms with Crippen LogP contribution in [-0.4, -0.2) is 35.0 Å². The lowest BCUT2D eigenvalue weighted by atomic mass is 10.1. The van der Waals surface area contributed by atoms with E-state index in [0.717, 1.165) is 36.5 Å². The van der Waals surface area contributed by atoms with E-state index in [-0.39, 0.29) is 12.1 Å². The van der Waals surface area contributed by atoms with Gasteiger partial charge in [0.25, 0.3) is 0 Å². The van der Waals surface area contributed by atoms with Crippen LogP contribution in [-0.2, 0) is 0 Å². The van der Waals surface area contributed by atoms with E-state index in [2.05, 4.69) is 12.2 Å². The van der Waals surface area contributed by atoms with E-state index in [1.807, 2.05) is 47.9 Å². The number of carbonyl (C=O) groups is 1. The van der Waals surface area contributed by atoms with Crippen LogP contribution in [0.4, 0.5) is 10.5 Å². The minimum Gasteiger partial charge on any atom is -0.324 e. The van der Waals surface area contributed by atoms with Crippen molar-refractivity contribution < 1.29 is 4.79 Å². The van der Waals surface area contributed by atoms with Crippen molar-refractivity contribution in [3.8, 4) is 0 Å². The molecule has 1 aliphatic rings. The zero-order chi connectivity index (χ0) is 14.5. The van der Waals surface area contributed by atoms with Crippen LogP contribution in [0, 0.1) is 0 Å². The van der Waals surface area contributed by atoms with E-state index in [1.54, 1.807) is 0 Å². The average Bonchev–Trinajstić information content (AvgIpc) is 2.47. The maximum Gasteiger partial charge on any atom is 0.321 e. The summed E-state index contributed by atoms with van der Waals surface area (Å²) in [5.41, 5.74) is 7.71. The van der Waals surface area contributed by atoms with Crippen molar-refractivity contribution in [2.45, 2.75) is 31.6 Å². The molecule has 5 heteroatoms. The molecule has 1 heterocycles. The number of hydrogen-bond donors (Lipinski definition) is 2. The first kappa shape index (κ1) is 15.2. The van der Waals surface area contributed by atoms with Crippen LogP contribution in [0.1, 0.15) is 31.9 Å². The monoisotopic (exact) mass is 293 g/mol. The van der Waals surface area contributed by atoms with E-state index in [9.17, 15) is 4.79 Å². The lowest BCUT2D eigenvalue weighted by Gasteiger charge is -2.31. The Hall–Kier alpha value is -1.20. The average molecular weight is 293 g/mol. The van der Waals surface area contributed by atoms with E-state index in [0.29, 0.717) is 5.25 Å². The van der Waals surface area contributed by atoms with E-state index in [1.165, 1.54) is 0 Å². The molecule has 1 aliphatic heterocycles. The van der Waals surface area contributed by atoms with Crippen LogP contribution >= 0.6 is 11.8 Å². The molecule has 110 valence electrons. The van der Waals surface area contributed by atoms with Gasteiger partial charge in [-0.3, -0.25) is 0 Å². The quantitative estimate of drug-likeness (QED) is 0.900. The Morgan fingerprint density at radius 2 is 2.20 bits per heavy atom. The minimum absolute atomic E-state index is 0.00250. The number of anilines is 1. The third-order valence-corrected chi connectivity index (χ3v) is 4.94. The highest BCUT2D eigenvalue weighted by molar-refractivity contribution is 8.00. The van der Waals surface area contributed by atoms with Crippen molar-refractivity contribution in [1.82, 2.24) is 4.90 Å². The molecular formula is C15H23N3OS. The summed E-state index contributed by atoms with van der Waals surface area (Å²) in [6, 6.07) is 7.75. The van der Waals surface area contributed by atoms with Gasteiger partial charge < -0.3 is 16.0 Å². The molecule has 20 heavy (non-hydrogen) atoms.